The highest BCUT2D eigenvalue weighted by molar-refractivity contribution is 6.99. The Hall–Kier alpha value is -1.47. The average molecular weight is 425 g/mol. The van der Waals surface area contributed by atoms with Crippen molar-refractivity contribution in [2.45, 2.75) is 84.8 Å². The van der Waals surface area contributed by atoms with Crippen LogP contribution in [0.2, 0.25) is 0 Å². The van der Waals surface area contributed by atoms with Crippen LogP contribution in [0.5, 0.6) is 5.88 Å². The number of carbonyl (C=O) groups excluding carboxylic acids is 1. The van der Waals surface area contributed by atoms with Gasteiger partial charge in [-0.1, -0.05) is 52.0 Å². The minimum atomic E-state index is -0.183. The van der Waals surface area contributed by atoms with Crippen LogP contribution in [0, 0.1) is 0 Å². The van der Waals surface area contributed by atoms with Crippen LogP contribution >= 0.6 is 11.7 Å². The number of hydrogen-bond acceptors (Lipinski definition) is 6. The molecule has 0 fully saturated rings. The SMILES string of the molecule is CCCCCCOc1nsnc1C1=CCC[N+](C)([C@@H](C)OC(=O)CCCCC)C1. The lowest BCUT2D eigenvalue weighted by Gasteiger charge is -2.41. The quantitative estimate of drug-likeness (QED) is 0.247. The van der Waals surface area contributed by atoms with Gasteiger partial charge in [-0.05, 0) is 12.8 Å². The van der Waals surface area contributed by atoms with Gasteiger partial charge >= 0.3 is 5.97 Å². The summed E-state index contributed by atoms with van der Waals surface area (Å²) in [6.07, 6.45) is 11.2. The van der Waals surface area contributed by atoms with E-state index in [1.165, 1.54) is 31.0 Å². The van der Waals surface area contributed by atoms with Crippen molar-refractivity contribution in [3.8, 4) is 5.88 Å². The van der Waals surface area contributed by atoms with E-state index in [9.17, 15) is 4.79 Å². The molecule has 0 saturated carbocycles. The van der Waals surface area contributed by atoms with E-state index in [2.05, 4.69) is 35.7 Å². The Kier molecular flexibility index (Phi) is 10.1. The lowest BCUT2D eigenvalue weighted by Crippen LogP contribution is -2.55. The summed E-state index contributed by atoms with van der Waals surface area (Å²) < 4.78 is 21.3. The molecule has 0 bridgehead atoms. The second kappa shape index (κ2) is 12.3. The van der Waals surface area contributed by atoms with E-state index in [4.69, 9.17) is 9.47 Å². The first-order chi connectivity index (χ1) is 14.0. The molecule has 0 aliphatic carbocycles. The summed E-state index contributed by atoms with van der Waals surface area (Å²) in [6, 6.07) is 0. The largest absolute Gasteiger partial charge is 0.475 e. The van der Waals surface area contributed by atoms with Gasteiger partial charge in [-0.15, -0.1) is 4.37 Å². The van der Waals surface area contributed by atoms with Crippen molar-refractivity contribution in [2.75, 3.05) is 26.7 Å². The Morgan fingerprint density at radius 2 is 1.93 bits per heavy atom. The van der Waals surface area contributed by atoms with Crippen molar-refractivity contribution in [2.24, 2.45) is 0 Å². The molecule has 0 spiro atoms. The maximum atomic E-state index is 12.2. The van der Waals surface area contributed by atoms with Crippen LogP contribution in [0.1, 0.15) is 84.3 Å². The Balaban J connectivity index is 1.93. The van der Waals surface area contributed by atoms with E-state index in [0.29, 0.717) is 23.4 Å². The molecule has 0 N–H and O–H groups in total. The zero-order valence-electron chi connectivity index (χ0n) is 18.6. The molecule has 164 valence electrons. The van der Waals surface area contributed by atoms with E-state index in [0.717, 1.165) is 56.5 Å². The zero-order chi connectivity index (χ0) is 21.1. The number of aromatic nitrogens is 2. The smallest absolute Gasteiger partial charge is 0.310 e. The van der Waals surface area contributed by atoms with Crippen molar-refractivity contribution in [3.05, 3.63) is 11.8 Å². The van der Waals surface area contributed by atoms with E-state index in [1.54, 1.807) is 0 Å². The summed E-state index contributed by atoms with van der Waals surface area (Å²) in [7, 11) is 2.15. The molecule has 1 unspecified atom stereocenters. The lowest BCUT2D eigenvalue weighted by molar-refractivity contribution is -0.944. The van der Waals surface area contributed by atoms with Gasteiger partial charge in [-0.3, -0.25) is 9.28 Å². The van der Waals surface area contributed by atoms with Gasteiger partial charge in [0.15, 0.2) is 0 Å². The van der Waals surface area contributed by atoms with Crippen LogP contribution in [0.15, 0.2) is 6.08 Å². The normalized spacial score (nSPS) is 20.2. The Morgan fingerprint density at radius 1 is 1.17 bits per heavy atom. The second-order valence-electron chi connectivity index (χ2n) is 8.25. The molecule has 2 rings (SSSR count). The highest BCUT2D eigenvalue weighted by Gasteiger charge is 2.36. The molecular formula is C22H38N3O3S+. The third-order valence-corrected chi connectivity index (χ3v) is 6.24. The maximum absolute atomic E-state index is 12.2. The molecule has 0 saturated heterocycles. The van der Waals surface area contributed by atoms with Crippen LogP contribution < -0.4 is 4.74 Å². The van der Waals surface area contributed by atoms with Crippen molar-refractivity contribution in [1.82, 2.24) is 8.75 Å². The highest BCUT2D eigenvalue weighted by atomic mass is 32.1. The van der Waals surface area contributed by atoms with Crippen LogP contribution in [0.3, 0.4) is 0 Å². The molecule has 0 aromatic carbocycles. The van der Waals surface area contributed by atoms with Gasteiger partial charge in [0.1, 0.15) is 12.2 Å². The number of ether oxygens (including phenoxy) is 2. The minimum absolute atomic E-state index is 0.0900. The predicted molar refractivity (Wildman–Crippen MR) is 118 cm³/mol. The minimum Gasteiger partial charge on any atom is -0.475 e. The summed E-state index contributed by atoms with van der Waals surface area (Å²) in [6.45, 7) is 8.74. The highest BCUT2D eigenvalue weighted by Crippen LogP contribution is 2.31. The van der Waals surface area contributed by atoms with Crippen LogP contribution in [-0.2, 0) is 9.53 Å². The number of nitrogens with zero attached hydrogens (tertiary/aromatic N) is 3. The standard InChI is InChI=1S/C22H38N3O3S/c1-5-7-9-11-16-27-22-21(23-29-24-22)19-13-12-15-25(4,17-19)18(3)28-20(26)14-10-8-6-2/h13,18H,5-12,14-17H2,1-4H3/q+1/t18-,25?/m1/s1. The van der Waals surface area contributed by atoms with Gasteiger partial charge in [0.05, 0.1) is 31.9 Å². The number of esters is 1. The first-order valence-electron chi connectivity index (χ1n) is 11.2. The lowest BCUT2D eigenvalue weighted by atomic mass is 10.0. The summed E-state index contributed by atoms with van der Waals surface area (Å²) in [5.41, 5.74) is 2.00. The molecular weight excluding hydrogens is 386 g/mol. The molecule has 1 aromatic heterocycles. The Bertz CT molecular complexity index is 661. The molecule has 29 heavy (non-hydrogen) atoms. The third kappa shape index (κ3) is 7.37. The number of carbonyl (C=O) groups is 1. The fourth-order valence-electron chi connectivity index (χ4n) is 3.61. The third-order valence-electron chi connectivity index (χ3n) is 5.73. The molecule has 1 aliphatic rings. The fraction of sp³-hybridized carbons (Fsp3) is 0.773. The van der Waals surface area contributed by atoms with Crippen LogP contribution in [0.25, 0.3) is 5.57 Å². The van der Waals surface area contributed by atoms with Gasteiger partial charge in [0.2, 0.25) is 6.23 Å². The number of hydrogen-bond donors (Lipinski definition) is 0. The van der Waals surface area contributed by atoms with Crippen molar-refractivity contribution in [3.63, 3.8) is 0 Å². The Labute approximate surface area is 180 Å². The molecule has 0 radical (unpaired) electrons. The van der Waals surface area contributed by atoms with Gasteiger partial charge in [0.25, 0.3) is 5.88 Å². The first kappa shape index (κ1) is 23.8. The molecule has 6 nitrogen and oxygen atoms in total. The summed E-state index contributed by atoms with van der Waals surface area (Å²) in [5.74, 6) is 0.559. The van der Waals surface area contributed by atoms with E-state index in [-0.39, 0.29) is 12.2 Å². The fourth-order valence-corrected chi connectivity index (χ4v) is 4.14. The van der Waals surface area contributed by atoms with E-state index in [1.807, 2.05) is 6.92 Å². The van der Waals surface area contributed by atoms with E-state index >= 15 is 0 Å². The topological polar surface area (TPSA) is 61.3 Å². The monoisotopic (exact) mass is 424 g/mol. The molecule has 1 aromatic rings. The Morgan fingerprint density at radius 3 is 2.69 bits per heavy atom. The number of rotatable bonds is 13. The number of likely N-dealkylation sites (N-methyl/N-ethyl adjacent to an activating group) is 1. The first-order valence-corrected chi connectivity index (χ1v) is 11.9. The summed E-state index contributed by atoms with van der Waals surface area (Å²) >= 11 is 1.20. The predicted octanol–water partition coefficient (Wildman–Crippen LogP) is 5.20. The maximum Gasteiger partial charge on any atom is 0.310 e. The molecule has 1 aliphatic heterocycles. The van der Waals surface area contributed by atoms with Gasteiger partial charge in [0, 0.05) is 25.3 Å². The molecule has 2 atom stereocenters. The van der Waals surface area contributed by atoms with Crippen LogP contribution in [-0.4, -0.2) is 52.2 Å². The molecule has 0 amide bonds. The summed E-state index contributed by atoms with van der Waals surface area (Å²) in [4.78, 5) is 12.2. The summed E-state index contributed by atoms with van der Waals surface area (Å²) in [5, 5.41) is 0. The van der Waals surface area contributed by atoms with Crippen molar-refractivity contribution < 1.29 is 18.8 Å². The van der Waals surface area contributed by atoms with E-state index < -0.39 is 0 Å². The average Bonchev–Trinajstić information content (AvgIpc) is 3.16. The van der Waals surface area contributed by atoms with Crippen molar-refractivity contribution in [1.29, 1.82) is 0 Å². The van der Waals surface area contributed by atoms with Crippen LogP contribution in [0.4, 0.5) is 0 Å². The van der Waals surface area contributed by atoms with Gasteiger partial charge in [-0.2, -0.15) is 4.37 Å². The van der Waals surface area contributed by atoms with Gasteiger partial charge < -0.3 is 9.47 Å². The molecule has 7 heteroatoms. The zero-order valence-corrected chi connectivity index (χ0v) is 19.4. The molecule has 2 heterocycles. The van der Waals surface area contributed by atoms with Gasteiger partial charge in [-0.25, -0.2) is 0 Å². The number of unbranched alkanes of at least 4 members (excludes halogenated alkanes) is 5. The second-order valence-corrected chi connectivity index (χ2v) is 8.78. The van der Waals surface area contributed by atoms with Crippen molar-refractivity contribution >= 4 is 23.3 Å². The number of quaternary nitrogens is 1.